The number of ether oxygens (including phenoxy) is 1. The summed E-state index contributed by atoms with van der Waals surface area (Å²) in [5, 5.41) is 0. The summed E-state index contributed by atoms with van der Waals surface area (Å²) in [7, 11) is -0.563. The Labute approximate surface area is 145 Å². The molecule has 1 aromatic rings. The van der Waals surface area contributed by atoms with Gasteiger partial charge < -0.3 is 4.74 Å². The molecule has 0 radical (unpaired) electrons. The number of rotatable bonds is 9. The van der Waals surface area contributed by atoms with Gasteiger partial charge in [-0.1, -0.05) is 57.2 Å². The summed E-state index contributed by atoms with van der Waals surface area (Å²) < 4.78 is 44.7. The van der Waals surface area contributed by atoms with Gasteiger partial charge in [0.1, 0.15) is 5.75 Å². The van der Waals surface area contributed by atoms with Crippen LogP contribution in [0.25, 0.3) is 0 Å². The molecule has 0 atom stereocenters. The summed E-state index contributed by atoms with van der Waals surface area (Å²) in [6, 6.07) is 6.03. The molecule has 0 saturated carbocycles. The summed E-state index contributed by atoms with van der Waals surface area (Å²) in [5.41, 5.74) is 0. The van der Waals surface area contributed by atoms with Crippen LogP contribution in [0, 0.1) is 23.4 Å². The quantitative estimate of drug-likeness (QED) is 0.295. The fourth-order valence-corrected chi connectivity index (χ4v) is 7.17. The highest BCUT2D eigenvalue weighted by molar-refractivity contribution is 6.58. The first-order valence-corrected chi connectivity index (χ1v) is 11.8. The standard InChI is InChI=1S/C19H29F3OSi/c1-2-3-4-5-6-9-24-10-7-15(8-11-24)14-23-16-12-17(20)19(22)18(21)13-16/h12-13,15,24H,2-11,14H2,1H3. The van der Waals surface area contributed by atoms with Crippen LogP contribution in [0.1, 0.15) is 51.9 Å². The van der Waals surface area contributed by atoms with E-state index in [1.165, 1.54) is 50.2 Å². The number of unbranched alkanes of at least 4 members (excludes halogenated alkanes) is 4. The molecule has 24 heavy (non-hydrogen) atoms. The Morgan fingerprint density at radius 3 is 2.25 bits per heavy atom. The highest BCUT2D eigenvalue weighted by atomic mass is 28.3. The zero-order valence-corrected chi connectivity index (χ0v) is 15.8. The van der Waals surface area contributed by atoms with Crippen LogP contribution >= 0.6 is 0 Å². The monoisotopic (exact) mass is 358 g/mol. The molecule has 0 bridgehead atoms. The van der Waals surface area contributed by atoms with E-state index in [4.69, 9.17) is 4.74 Å². The molecule has 5 heteroatoms. The van der Waals surface area contributed by atoms with Crippen molar-refractivity contribution in [1.29, 1.82) is 0 Å². The molecule has 0 aliphatic carbocycles. The second kappa shape index (κ2) is 10.1. The van der Waals surface area contributed by atoms with Gasteiger partial charge in [-0.05, 0) is 18.8 Å². The SMILES string of the molecule is CCCCCCC[SiH]1CCC(COc2cc(F)c(F)c(F)c2)CC1. The van der Waals surface area contributed by atoms with Crippen LogP contribution in [-0.2, 0) is 0 Å². The van der Waals surface area contributed by atoms with Gasteiger partial charge >= 0.3 is 0 Å². The van der Waals surface area contributed by atoms with Crippen LogP contribution in [0.3, 0.4) is 0 Å². The topological polar surface area (TPSA) is 9.23 Å². The third kappa shape index (κ3) is 6.15. The van der Waals surface area contributed by atoms with Crippen molar-refractivity contribution < 1.29 is 17.9 Å². The zero-order valence-electron chi connectivity index (χ0n) is 14.6. The number of hydrogen-bond donors (Lipinski definition) is 0. The van der Waals surface area contributed by atoms with Crippen molar-refractivity contribution >= 4 is 8.80 Å². The summed E-state index contributed by atoms with van der Waals surface area (Å²) in [6.45, 7) is 2.72. The summed E-state index contributed by atoms with van der Waals surface area (Å²) in [6.07, 6.45) is 9.13. The second-order valence-corrected chi connectivity index (χ2v) is 10.6. The van der Waals surface area contributed by atoms with Crippen LogP contribution in [0.4, 0.5) is 13.2 Å². The molecule has 1 aromatic carbocycles. The Balaban J connectivity index is 1.64. The lowest BCUT2D eigenvalue weighted by molar-refractivity contribution is 0.233. The first-order valence-electron chi connectivity index (χ1n) is 9.37. The van der Waals surface area contributed by atoms with Crippen LogP contribution in [0.15, 0.2) is 12.1 Å². The van der Waals surface area contributed by atoms with Crippen LogP contribution in [0.5, 0.6) is 5.75 Å². The Hall–Kier alpha value is -0.973. The third-order valence-corrected chi connectivity index (χ3v) is 8.65. The van der Waals surface area contributed by atoms with E-state index >= 15 is 0 Å². The molecule has 0 unspecified atom stereocenters. The lowest BCUT2D eigenvalue weighted by atomic mass is 10.0. The van der Waals surface area contributed by atoms with E-state index in [1.54, 1.807) is 0 Å². The molecule has 0 N–H and O–H groups in total. The van der Waals surface area contributed by atoms with Gasteiger partial charge in [0.05, 0.1) is 6.61 Å². The minimum absolute atomic E-state index is 0.0849. The maximum absolute atomic E-state index is 13.2. The molecule has 1 heterocycles. The van der Waals surface area contributed by atoms with Crippen molar-refractivity contribution in [3.05, 3.63) is 29.6 Å². The predicted octanol–water partition coefficient (Wildman–Crippen LogP) is 6.09. The van der Waals surface area contributed by atoms with E-state index in [-0.39, 0.29) is 5.75 Å². The molecule has 1 fully saturated rings. The molecule has 0 spiro atoms. The van der Waals surface area contributed by atoms with E-state index in [2.05, 4.69) is 6.92 Å². The summed E-state index contributed by atoms with van der Waals surface area (Å²) in [4.78, 5) is 0. The molecule has 1 aliphatic heterocycles. The van der Waals surface area contributed by atoms with Crippen molar-refractivity contribution in [1.82, 2.24) is 0 Å². The van der Waals surface area contributed by atoms with Gasteiger partial charge in [-0.2, -0.15) is 0 Å². The van der Waals surface area contributed by atoms with Crippen LogP contribution in [0.2, 0.25) is 18.1 Å². The first-order chi connectivity index (χ1) is 11.6. The predicted molar refractivity (Wildman–Crippen MR) is 94.9 cm³/mol. The molecule has 1 nitrogen and oxygen atoms in total. The fraction of sp³-hybridized carbons (Fsp3) is 0.684. The van der Waals surface area contributed by atoms with E-state index in [9.17, 15) is 13.2 Å². The van der Waals surface area contributed by atoms with Crippen molar-refractivity contribution in [2.75, 3.05) is 6.61 Å². The number of halogens is 3. The molecule has 2 rings (SSSR count). The highest BCUT2D eigenvalue weighted by Gasteiger charge is 2.22. The molecule has 0 aromatic heterocycles. The van der Waals surface area contributed by atoms with Gasteiger partial charge in [0.2, 0.25) is 0 Å². The van der Waals surface area contributed by atoms with Gasteiger partial charge in [-0.15, -0.1) is 0 Å². The average molecular weight is 359 g/mol. The first kappa shape index (κ1) is 19.4. The number of hydrogen-bond acceptors (Lipinski definition) is 1. The van der Waals surface area contributed by atoms with E-state index in [0.29, 0.717) is 12.5 Å². The van der Waals surface area contributed by atoms with E-state index < -0.39 is 26.2 Å². The average Bonchev–Trinajstić information content (AvgIpc) is 2.58. The normalized spacial score (nSPS) is 21.0. The Morgan fingerprint density at radius 2 is 1.62 bits per heavy atom. The molecule has 0 amide bonds. The summed E-state index contributed by atoms with van der Waals surface area (Å²) >= 11 is 0. The fourth-order valence-electron chi connectivity index (χ4n) is 3.55. The van der Waals surface area contributed by atoms with Crippen molar-refractivity contribution in [2.45, 2.75) is 70.0 Å². The second-order valence-electron chi connectivity index (χ2n) is 7.10. The van der Waals surface area contributed by atoms with Crippen LogP contribution in [-0.4, -0.2) is 15.4 Å². The molecule has 136 valence electrons. The van der Waals surface area contributed by atoms with Gasteiger partial charge in [-0.25, -0.2) is 13.2 Å². The Bertz CT molecular complexity index is 478. The lowest BCUT2D eigenvalue weighted by Crippen LogP contribution is -2.24. The Kier molecular flexibility index (Phi) is 8.16. The molecular weight excluding hydrogens is 329 g/mol. The lowest BCUT2D eigenvalue weighted by Gasteiger charge is -2.27. The maximum Gasteiger partial charge on any atom is 0.194 e. The highest BCUT2D eigenvalue weighted by Crippen LogP contribution is 2.29. The van der Waals surface area contributed by atoms with Crippen LogP contribution < -0.4 is 4.74 Å². The van der Waals surface area contributed by atoms with Crippen molar-refractivity contribution in [3.8, 4) is 5.75 Å². The third-order valence-electron chi connectivity index (χ3n) is 5.13. The van der Waals surface area contributed by atoms with Gasteiger partial charge in [-0.3, -0.25) is 0 Å². The summed E-state index contributed by atoms with van der Waals surface area (Å²) in [5.74, 6) is -3.27. The van der Waals surface area contributed by atoms with Gasteiger partial charge in [0.15, 0.2) is 17.5 Å². The number of benzene rings is 1. The molecule has 1 saturated heterocycles. The smallest absolute Gasteiger partial charge is 0.194 e. The van der Waals surface area contributed by atoms with E-state index in [1.807, 2.05) is 0 Å². The van der Waals surface area contributed by atoms with Crippen molar-refractivity contribution in [2.24, 2.45) is 5.92 Å². The van der Waals surface area contributed by atoms with E-state index in [0.717, 1.165) is 25.0 Å². The van der Waals surface area contributed by atoms with Gasteiger partial charge in [0, 0.05) is 20.9 Å². The molecule has 1 aliphatic rings. The molecular formula is C19H29F3OSi. The minimum Gasteiger partial charge on any atom is -0.493 e. The zero-order chi connectivity index (χ0) is 17.4. The van der Waals surface area contributed by atoms with Crippen molar-refractivity contribution in [3.63, 3.8) is 0 Å². The van der Waals surface area contributed by atoms with Gasteiger partial charge in [0.25, 0.3) is 0 Å². The minimum atomic E-state index is -1.44. The Morgan fingerprint density at radius 1 is 1.00 bits per heavy atom. The largest absolute Gasteiger partial charge is 0.493 e. The maximum atomic E-state index is 13.2.